The number of carbonyl (C=O) groups is 3. The van der Waals surface area contributed by atoms with Crippen molar-refractivity contribution in [3.8, 4) is 0 Å². The number of rotatable bonds is 7. The Hall–Kier alpha value is -3.02. The molecule has 0 spiro atoms. The molecule has 1 aliphatic rings. The van der Waals surface area contributed by atoms with Crippen LogP contribution in [0, 0.1) is 17.7 Å². The molecular weight excluding hydrogens is 465 g/mol. The van der Waals surface area contributed by atoms with Gasteiger partial charge in [-0.15, -0.1) is 0 Å². The quantitative estimate of drug-likeness (QED) is 0.416. The number of carboxylic acid groups (broad SMARTS) is 1. The molecule has 3 N–H and O–H groups in total. The Morgan fingerprint density at radius 3 is 2.20 bits per heavy atom. The molecule has 2 unspecified atom stereocenters. The summed E-state index contributed by atoms with van der Waals surface area (Å²) in [6.07, 6.45) is 2.05. The van der Waals surface area contributed by atoms with Gasteiger partial charge in [0.2, 0.25) is 0 Å². The molecule has 2 heterocycles. The lowest BCUT2D eigenvalue weighted by Crippen LogP contribution is -2.29. The molecule has 0 aromatic carbocycles. The Morgan fingerprint density at radius 2 is 1.74 bits per heavy atom. The molecule has 1 aliphatic heterocycles. The van der Waals surface area contributed by atoms with Crippen molar-refractivity contribution in [3.05, 3.63) is 22.5 Å². The van der Waals surface area contributed by atoms with Crippen LogP contribution in [0.4, 0.5) is 10.2 Å². The third-order valence-corrected chi connectivity index (χ3v) is 4.14. The van der Waals surface area contributed by atoms with Gasteiger partial charge in [-0.2, -0.15) is 4.98 Å². The highest BCUT2D eigenvalue weighted by molar-refractivity contribution is 5.69. The van der Waals surface area contributed by atoms with Gasteiger partial charge in [-0.3, -0.25) is 19.0 Å². The van der Waals surface area contributed by atoms with Crippen LogP contribution in [0.1, 0.15) is 73.5 Å². The molecule has 0 amide bonds. The average Bonchev–Trinajstić information content (AvgIpc) is 3.25. The minimum absolute atomic E-state index is 0.125. The second kappa shape index (κ2) is 19.3. The maximum atomic E-state index is 13.4. The van der Waals surface area contributed by atoms with Crippen LogP contribution in [-0.4, -0.2) is 52.9 Å². The maximum absolute atomic E-state index is 13.4. The van der Waals surface area contributed by atoms with Gasteiger partial charge < -0.3 is 25.1 Å². The first-order valence-corrected chi connectivity index (χ1v) is 11.4. The van der Waals surface area contributed by atoms with E-state index in [0.717, 1.165) is 10.8 Å². The fourth-order valence-corrected chi connectivity index (χ4v) is 2.67. The number of anilines is 1. The van der Waals surface area contributed by atoms with Crippen molar-refractivity contribution in [3.63, 3.8) is 0 Å². The maximum Gasteiger partial charge on any atom is 0.351 e. The Kier molecular flexibility index (Phi) is 18.8. The van der Waals surface area contributed by atoms with E-state index in [9.17, 15) is 18.8 Å². The number of hydrogen-bond acceptors (Lipinski definition) is 9. The van der Waals surface area contributed by atoms with E-state index in [2.05, 4.69) is 9.72 Å². The van der Waals surface area contributed by atoms with E-state index < -0.39 is 23.6 Å². The van der Waals surface area contributed by atoms with E-state index >= 15 is 0 Å². The fraction of sp³-hybridized carbons (Fsp3) is 0.696. The smallest absolute Gasteiger partial charge is 0.351 e. The third kappa shape index (κ3) is 15.5. The van der Waals surface area contributed by atoms with Crippen molar-refractivity contribution in [1.29, 1.82) is 0 Å². The topological polar surface area (TPSA) is 160 Å². The molecule has 35 heavy (non-hydrogen) atoms. The van der Waals surface area contributed by atoms with Crippen LogP contribution in [0.15, 0.2) is 11.0 Å². The van der Waals surface area contributed by atoms with Crippen molar-refractivity contribution in [2.24, 2.45) is 11.8 Å². The standard InChI is InChI=1S/C14H20FN3O4.C6H12O2.C2H6.CH2O2/c1-8(2)5-12(19)21-7-9-3-4-11(22-9)18-6-10(15)13(16)17-14(18)20;1-5(2)4-6(7)8-3;1-2;2-1-3/h6,8-9,11H,3-5,7H2,1-2H3,(H2,16,17,20);5H,4H2,1-3H3;1-2H3;1H,(H,2,3). The van der Waals surface area contributed by atoms with Gasteiger partial charge in [0.1, 0.15) is 12.8 Å². The number of aromatic nitrogens is 2. The molecule has 0 radical (unpaired) electrons. The Bertz CT molecular complexity index is 814. The second-order valence-corrected chi connectivity index (χ2v) is 8.01. The summed E-state index contributed by atoms with van der Waals surface area (Å²) in [6.45, 7) is 11.7. The molecule has 1 saturated heterocycles. The van der Waals surface area contributed by atoms with Crippen LogP contribution in [0.2, 0.25) is 0 Å². The normalized spacial score (nSPS) is 16.1. The number of ether oxygens (including phenoxy) is 3. The molecule has 202 valence electrons. The Balaban J connectivity index is 0. The van der Waals surface area contributed by atoms with Crippen LogP contribution in [0.5, 0.6) is 0 Å². The lowest BCUT2D eigenvalue weighted by atomic mass is 10.1. The van der Waals surface area contributed by atoms with Gasteiger partial charge in [-0.05, 0) is 24.7 Å². The summed E-state index contributed by atoms with van der Waals surface area (Å²) in [6, 6.07) is 0. The molecule has 1 fully saturated rings. The summed E-state index contributed by atoms with van der Waals surface area (Å²) >= 11 is 0. The van der Waals surface area contributed by atoms with Crippen LogP contribution >= 0.6 is 0 Å². The summed E-state index contributed by atoms with van der Waals surface area (Å²) in [5, 5.41) is 6.89. The minimum Gasteiger partial charge on any atom is -0.483 e. The Labute approximate surface area is 205 Å². The molecule has 2 atom stereocenters. The van der Waals surface area contributed by atoms with Crippen LogP contribution in [-0.2, 0) is 28.6 Å². The van der Waals surface area contributed by atoms with Crippen molar-refractivity contribution >= 4 is 24.2 Å². The van der Waals surface area contributed by atoms with Gasteiger partial charge in [0, 0.05) is 12.8 Å². The predicted octanol–water partition coefficient (Wildman–Crippen LogP) is 3.16. The zero-order valence-electron chi connectivity index (χ0n) is 21.7. The molecule has 0 bridgehead atoms. The molecule has 0 saturated carbocycles. The number of hydrogen-bond donors (Lipinski definition) is 2. The van der Waals surface area contributed by atoms with Crippen LogP contribution in [0.25, 0.3) is 0 Å². The van der Waals surface area contributed by atoms with E-state index in [1.165, 1.54) is 7.11 Å². The number of nitrogen functional groups attached to an aromatic ring is 1. The highest BCUT2D eigenvalue weighted by atomic mass is 19.1. The molecular formula is C23H40FN3O8. The van der Waals surface area contributed by atoms with Crippen LogP contribution in [0.3, 0.4) is 0 Å². The first-order valence-electron chi connectivity index (χ1n) is 11.4. The first-order chi connectivity index (χ1) is 16.4. The second-order valence-electron chi connectivity index (χ2n) is 8.01. The van der Waals surface area contributed by atoms with Gasteiger partial charge in [0.15, 0.2) is 11.6 Å². The zero-order valence-corrected chi connectivity index (χ0v) is 21.7. The molecule has 2 rings (SSSR count). The van der Waals surface area contributed by atoms with E-state index in [1.807, 2.05) is 41.5 Å². The van der Waals surface area contributed by atoms with Gasteiger partial charge in [-0.1, -0.05) is 41.5 Å². The molecule has 1 aromatic heterocycles. The summed E-state index contributed by atoms with van der Waals surface area (Å²) in [5.41, 5.74) is 4.57. The van der Waals surface area contributed by atoms with Gasteiger partial charge in [-0.25, -0.2) is 9.18 Å². The fourth-order valence-electron chi connectivity index (χ4n) is 2.67. The zero-order chi connectivity index (χ0) is 27.6. The van der Waals surface area contributed by atoms with Crippen LogP contribution < -0.4 is 11.4 Å². The van der Waals surface area contributed by atoms with Crippen molar-refractivity contribution in [2.75, 3.05) is 19.5 Å². The van der Waals surface area contributed by atoms with E-state index in [0.29, 0.717) is 31.6 Å². The minimum atomic E-state index is -0.769. The number of nitrogens with zero attached hydrogens (tertiary/aromatic N) is 2. The third-order valence-electron chi connectivity index (χ3n) is 4.14. The van der Waals surface area contributed by atoms with E-state index in [-0.39, 0.29) is 37.0 Å². The van der Waals surface area contributed by atoms with Crippen molar-refractivity contribution in [2.45, 2.75) is 79.6 Å². The van der Waals surface area contributed by atoms with Crippen molar-refractivity contribution < 1.29 is 38.1 Å². The highest BCUT2D eigenvalue weighted by Gasteiger charge is 2.29. The molecule has 1 aromatic rings. The number of halogens is 1. The SMILES string of the molecule is CC.CC(C)CC(=O)OCC1CCC(n2cc(F)c(N)nc2=O)O1.COC(=O)CC(C)C.O=CO. The summed E-state index contributed by atoms with van der Waals surface area (Å²) < 4.78 is 29.7. The van der Waals surface area contributed by atoms with E-state index in [4.69, 9.17) is 25.1 Å². The number of carbonyl (C=O) groups excluding carboxylic acids is 2. The summed E-state index contributed by atoms with van der Waals surface area (Å²) in [4.78, 5) is 45.4. The van der Waals surface area contributed by atoms with E-state index in [1.54, 1.807) is 0 Å². The molecule has 0 aliphatic carbocycles. The number of nitrogens with two attached hydrogens (primary N) is 1. The largest absolute Gasteiger partial charge is 0.483 e. The number of esters is 2. The first kappa shape index (κ1) is 34.1. The molecule has 12 heteroatoms. The van der Waals surface area contributed by atoms with Gasteiger partial charge in [0.25, 0.3) is 6.47 Å². The van der Waals surface area contributed by atoms with Crippen molar-refractivity contribution in [1.82, 2.24) is 9.55 Å². The predicted molar refractivity (Wildman–Crippen MR) is 128 cm³/mol. The Morgan fingerprint density at radius 1 is 1.23 bits per heavy atom. The summed E-state index contributed by atoms with van der Waals surface area (Å²) in [5.74, 6) is -0.970. The monoisotopic (exact) mass is 505 g/mol. The molecule has 11 nitrogen and oxygen atoms in total. The van der Waals surface area contributed by atoms with Gasteiger partial charge in [0.05, 0.1) is 19.4 Å². The lowest BCUT2D eigenvalue weighted by molar-refractivity contribution is -0.149. The lowest BCUT2D eigenvalue weighted by Gasteiger charge is -2.16. The highest BCUT2D eigenvalue weighted by Crippen LogP contribution is 2.27. The number of methoxy groups -OCH3 is 1. The summed E-state index contributed by atoms with van der Waals surface area (Å²) in [7, 11) is 1.41. The average molecular weight is 506 g/mol. The van der Waals surface area contributed by atoms with Gasteiger partial charge >= 0.3 is 17.6 Å².